The molecular formula is C22H22N4O5S. The summed E-state index contributed by atoms with van der Waals surface area (Å²) >= 11 is 0. The van der Waals surface area contributed by atoms with Crippen molar-refractivity contribution in [1.82, 2.24) is 9.82 Å². The van der Waals surface area contributed by atoms with Crippen molar-refractivity contribution in [2.45, 2.75) is 11.8 Å². The Morgan fingerprint density at radius 3 is 2.41 bits per heavy atom. The van der Waals surface area contributed by atoms with E-state index in [1.54, 1.807) is 49.4 Å². The minimum atomic E-state index is -4.02. The normalized spacial score (nSPS) is 11.5. The van der Waals surface area contributed by atoms with E-state index in [9.17, 15) is 13.2 Å². The summed E-state index contributed by atoms with van der Waals surface area (Å²) in [7, 11) is -1.21. The first-order chi connectivity index (χ1) is 15.3. The first-order valence-corrected chi connectivity index (χ1v) is 10.9. The number of rotatable bonds is 8. The molecule has 0 aliphatic rings. The smallest absolute Gasteiger partial charge is 0.280 e. The fourth-order valence-corrected chi connectivity index (χ4v) is 3.81. The Kier molecular flexibility index (Phi) is 7.06. The number of benzene rings is 2. The molecular weight excluding hydrogens is 432 g/mol. The van der Waals surface area contributed by atoms with Gasteiger partial charge in [0.2, 0.25) is 0 Å². The lowest BCUT2D eigenvalue weighted by Gasteiger charge is -2.11. The monoisotopic (exact) mass is 454 g/mol. The molecule has 3 aromatic rings. The van der Waals surface area contributed by atoms with Gasteiger partial charge in [-0.25, -0.2) is 0 Å². The van der Waals surface area contributed by atoms with Crippen LogP contribution in [0.15, 0.2) is 77.0 Å². The molecule has 0 atom stereocenters. The number of nitrogens with zero attached hydrogens (tertiary/aromatic N) is 2. The Labute approximate surface area is 186 Å². The first kappa shape index (κ1) is 22.8. The number of aromatic nitrogens is 1. The average molecular weight is 455 g/mol. The summed E-state index contributed by atoms with van der Waals surface area (Å²) in [4.78, 5) is 18.3. The lowest BCUT2D eigenvalue weighted by molar-refractivity contribution is 0.102. The van der Waals surface area contributed by atoms with Crippen molar-refractivity contribution in [2.24, 2.45) is 5.10 Å². The molecule has 0 aliphatic carbocycles. The number of methoxy groups -OCH3 is 2. The maximum atomic E-state index is 12.8. The lowest BCUT2D eigenvalue weighted by atomic mass is 10.1. The molecule has 1 amide bonds. The highest BCUT2D eigenvalue weighted by Crippen LogP contribution is 2.28. The highest BCUT2D eigenvalue weighted by Gasteiger charge is 2.20. The molecule has 1 aromatic heterocycles. The van der Waals surface area contributed by atoms with E-state index in [0.717, 1.165) is 0 Å². The SMILES string of the molecule is COc1ccc(OC)c(S(=O)(=O)N/N=C(\C)c2cccc(NC(=O)c3ccncc3)c2)c1. The Morgan fingerprint density at radius 2 is 1.72 bits per heavy atom. The van der Waals surface area contributed by atoms with Gasteiger partial charge in [0.1, 0.15) is 16.4 Å². The summed E-state index contributed by atoms with van der Waals surface area (Å²) in [6, 6.07) is 14.6. The number of hydrogen-bond acceptors (Lipinski definition) is 7. The van der Waals surface area contributed by atoms with Gasteiger partial charge in [-0.3, -0.25) is 9.78 Å². The average Bonchev–Trinajstić information content (AvgIpc) is 2.82. The minimum Gasteiger partial charge on any atom is -0.497 e. The predicted octanol–water partition coefficient (Wildman–Crippen LogP) is 3.05. The first-order valence-electron chi connectivity index (χ1n) is 9.44. The Morgan fingerprint density at radius 1 is 0.969 bits per heavy atom. The maximum absolute atomic E-state index is 12.8. The highest BCUT2D eigenvalue weighted by atomic mass is 32.2. The van der Waals surface area contributed by atoms with Gasteiger partial charge in [0.25, 0.3) is 15.9 Å². The van der Waals surface area contributed by atoms with Crippen molar-refractivity contribution >= 4 is 27.3 Å². The van der Waals surface area contributed by atoms with Crippen LogP contribution in [0.4, 0.5) is 5.69 Å². The molecule has 0 saturated heterocycles. The summed E-state index contributed by atoms with van der Waals surface area (Å²) in [6.07, 6.45) is 3.07. The maximum Gasteiger partial charge on any atom is 0.280 e. The molecule has 0 spiro atoms. The largest absolute Gasteiger partial charge is 0.497 e. The van der Waals surface area contributed by atoms with E-state index in [2.05, 4.69) is 20.2 Å². The van der Waals surface area contributed by atoms with E-state index >= 15 is 0 Å². The van der Waals surface area contributed by atoms with Crippen LogP contribution in [0, 0.1) is 0 Å². The van der Waals surface area contributed by atoms with Gasteiger partial charge >= 0.3 is 0 Å². The minimum absolute atomic E-state index is 0.103. The van der Waals surface area contributed by atoms with E-state index in [0.29, 0.717) is 28.3 Å². The van der Waals surface area contributed by atoms with E-state index < -0.39 is 10.0 Å². The number of amides is 1. The van der Waals surface area contributed by atoms with E-state index in [4.69, 9.17) is 9.47 Å². The molecule has 0 bridgehead atoms. The number of hydrazone groups is 1. The molecule has 0 aliphatic heterocycles. The molecule has 32 heavy (non-hydrogen) atoms. The number of pyridine rings is 1. The van der Waals surface area contributed by atoms with Crippen LogP contribution in [0.1, 0.15) is 22.8 Å². The predicted molar refractivity (Wildman–Crippen MR) is 121 cm³/mol. The van der Waals surface area contributed by atoms with Crippen molar-refractivity contribution in [1.29, 1.82) is 0 Å². The molecule has 2 N–H and O–H groups in total. The van der Waals surface area contributed by atoms with E-state index in [1.807, 2.05) is 0 Å². The fraction of sp³-hybridized carbons (Fsp3) is 0.136. The van der Waals surface area contributed by atoms with E-state index in [-0.39, 0.29) is 16.6 Å². The topological polar surface area (TPSA) is 119 Å². The van der Waals surface area contributed by atoms with Gasteiger partial charge in [-0.2, -0.15) is 18.4 Å². The van der Waals surface area contributed by atoms with Crippen molar-refractivity contribution in [3.8, 4) is 11.5 Å². The van der Waals surface area contributed by atoms with Crippen molar-refractivity contribution < 1.29 is 22.7 Å². The van der Waals surface area contributed by atoms with Crippen LogP contribution in [0.5, 0.6) is 11.5 Å². The molecule has 0 saturated carbocycles. The van der Waals surface area contributed by atoms with E-state index in [1.165, 1.54) is 38.7 Å². The Bertz CT molecular complexity index is 1240. The standard InChI is InChI=1S/C22H22N4O5S/c1-15(25-26-32(28,29)21-14-19(30-2)7-8-20(21)31-3)17-5-4-6-18(13-17)24-22(27)16-9-11-23-12-10-16/h4-14,26H,1-3H3,(H,24,27)/b25-15+. The summed E-state index contributed by atoms with van der Waals surface area (Å²) in [5, 5.41) is 6.80. The lowest BCUT2D eigenvalue weighted by Crippen LogP contribution is -2.21. The van der Waals surface area contributed by atoms with Gasteiger partial charge < -0.3 is 14.8 Å². The van der Waals surface area contributed by atoms with Crippen LogP contribution in [0.25, 0.3) is 0 Å². The van der Waals surface area contributed by atoms with Crippen molar-refractivity contribution in [2.75, 3.05) is 19.5 Å². The molecule has 2 aromatic carbocycles. The molecule has 3 rings (SSSR count). The second-order valence-electron chi connectivity index (χ2n) is 6.58. The Balaban J connectivity index is 1.79. The van der Waals surface area contributed by atoms with Gasteiger partial charge in [0.15, 0.2) is 0 Å². The molecule has 166 valence electrons. The number of nitrogens with one attached hydrogen (secondary N) is 2. The van der Waals surface area contributed by atoms with Gasteiger partial charge in [0.05, 0.1) is 19.9 Å². The molecule has 0 unspecified atom stereocenters. The number of carbonyl (C=O) groups excluding carboxylic acids is 1. The molecule has 1 heterocycles. The number of carbonyl (C=O) groups is 1. The third-order valence-corrected chi connectivity index (χ3v) is 5.70. The molecule has 10 heteroatoms. The molecule has 9 nitrogen and oxygen atoms in total. The summed E-state index contributed by atoms with van der Waals surface area (Å²) in [6.45, 7) is 1.65. The third-order valence-electron chi connectivity index (χ3n) is 4.47. The summed E-state index contributed by atoms with van der Waals surface area (Å²) in [5.41, 5.74) is 2.03. The van der Waals surface area contributed by atoms with Crippen LogP contribution in [-0.4, -0.2) is 39.2 Å². The zero-order valence-corrected chi connectivity index (χ0v) is 18.5. The van der Waals surface area contributed by atoms with Gasteiger partial charge in [-0.15, -0.1) is 0 Å². The fourth-order valence-electron chi connectivity index (χ4n) is 2.76. The second kappa shape index (κ2) is 9.92. The highest BCUT2D eigenvalue weighted by molar-refractivity contribution is 7.89. The number of hydrogen-bond donors (Lipinski definition) is 2. The zero-order chi connectivity index (χ0) is 23.1. The number of sulfonamides is 1. The Hall–Kier alpha value is -3.92. The number of ether oxygens (including phenoxy) is 2. The molecule has 0 radical (unpaired) electrons. The molecule has 0 fully saturated rings. The second-order valence-corrected chi connectivity index (χ2v) is 8.21. The summed E-state index contributed by atoms with van der Waals surface area (Å²) < 4.78 is 35.8. The van der Waals surface area contributed by atoms with Crippen molar-refractivity contribution in [3.63, 3.8) is 0 Å². The van der Waals surface area contributed by atoms with Gasteiger partial charge in [-0.05, 0) is 48.9 Å². The van der Waals surface area contributed by atoms with Gasteiger partial charge in [-0.1, -0.05) is 12.1 Å². The summed E-state index contributed by atoms with van der Waals surface area (Å²) in [5.74, 6) is 0.237. The van der Waals surface area contributed by atoms with Crippen LogP contribution < -0.4 is 19.6 Å². The van der Waals surface area contributed by atoms with Crippen LogP contribution in [0.3, 0.4) is 0 Å². The van der Waals surface area contributed by atoms with Crippen LogP contribution in [0.2, 0.25) is 0 Å². The van der Waals surface area contributed by atoms with Crippen molar-refractivity contribution in [3.05, 3.63) is 78.1 Å². The van der Waals surface area contributed by atoms with Crippen LogP contribution in [-0.2, 0) is 10.0 Å². The number of anilines is 1. The van der Waals surface area contributed by atoms with Gasteiger partial charge in [0, 0.05) is 29.7 Å². The van der Waals surface area contributed by atoms with Crippen LogP contribution >= 0.6 is 0 Å². The zero-order valence-electron chi connectivity index (χ0n) is 17.7. The quantitative estimate of drug-likeness (QED) is 0.399. The third kappa shape index (κ3) is 5.41.